The first kappa shape index (κ1) is 12.8. The van der Waals surface area contributed by atoms with Crippen molar-refractivity contribution in [3.05, 3.63) is 5.89 Å². The largest absolute Gasteiger partial charge is 0.406 e. The summed E-state index contributed by atoms with van der Waals surface area (Å²) in [6, 6.07) is 0.0705. The standard InChI is InChI=1S/C11H19N5O2/c1-4-12-7(2)9-14-15-11(18-9)13-8-5-6-16(3)10(8)17/h7-8,12H,4-6H2,1-3H3,(H,13,15). The highest BCUT2D eigenvalue weighted by Crippen LogP contribution is 2.17. The number of hydrogen-bond acceptors (Lipinski definition) is 6. The van der Waals surface area contributed by atoms with E-state index < -0.39 is 0 Å². The smallest absolute Gasteiger partial charge is 0.316 e. The zero-order valence-electron chi connectivity index (χ0n) is 10.9. The van der Waals surface area contributed by atoms with Gasteiger partial charge in [-0.05, 0) is 19.9 Å². The van der Waals surface area contributed by atoms with Gasteiger partial charge in [0.1, 0.15) is 6.04 Å². The number of likely N-dealkylation sites (N-methyl/N-ethyl adjacent to an activating group) is 1. The Morgan fingerprint density at radius 2 is 2.33 bits per heavy atom. The number of anilines is 1. The summed E-state index contributed by atoms with van der Waals surface area (Å²) >= 11 is 0. The molecule has 7 heteroatoms. The van der Waals surface area contributed by atoms with Gasteiger partial charge < -0.3 is 20.0 Å². The van der Waals surface area contributed by atoms with Gasteiger partial charge in [-0.2, -0.15) is 0 Å². The lowest BCUT2D eigenvalue weighted by atomic mass is 10.2. The minimum Gasteiger partial charge on any atom is -0.406 e. The van der Waals surface area contributed by atoms with E-state index in [1.165, 1.54) is 0 Å². The van der Waals surface area contributed by atoms with Gasteiger partial charge in [0.25, 0.3) is 0 Å². The Hall–Kier alpha value is -1.63. The van der Waals surface area contributed by atoms with E-state index in [2.05, 4.69) is 20.8 Å². The molecule has 0 saturated carbocycles. The molecule has 2 atom stereocenters. The van der Waals surface area contributed by atoms with Crippen LogP contribution < -0.4 is 10.6 Å². The van der Waals surface area contributed by atoms with Crippen LogP contribution in [0.25, 0.3) is 0 Å². The van der Waals surface area contributed by atoms with Crippen LogP contribution in [0.4, 0.5) is 6.01 Å². The molecule has 7 nitrogen and oxygen atoms in total. The molecular formula is C11H19N5O2. The molecule has 1 fully saturated rings. The number of nitrogens with one attached hydrogen (secondary N) is 2. The minimum atomic E-state index is -0.252. The Bertz CT molecular complexity index is 419. The monoisotopic (exact) mass is 253 g/mol. The third kappa shape index (κ3) is 2.61. The average Bonchev–Trinajstić information content (AvgIpc) is 2.92. The van der Waals surface area contributed by atoms with Crippen molar-refractivity contribution in [2.24, 2.45) is 0 Å². The Morgan fingerprint density at radius 3 is 2.94 bits per heavy atom. The van der Waals surface area contributed by atoms with Crippen molar-refractivity contribution in [1.82, 2.24) is 20.4 Å². The molecule has 1 saturated heterocycles. The maximum absolute atomic E-state index is 11.7. The number of aromatic nitrogens is 2. The molecule has 1 aromatic rings. The summed E-state index contributed by atoms with van der Waals surface area (Å²) in [6.07, 6.45) is 0.760. The summed E-state index contributed by atoms with van der Waals surface area (Å²) < 4.78 is 5.48. The number of carbonyl (C=O) groups excluding carboxylic acids is 1. The van der Waals surface area contributed by atoms with Crippen LogP contribution in [0.3, 0.4) is 0 Å². The second-order valence-electron chi connectivity index (χ2n) is 4.47. The molecule has 100 valence electrons. The van der Waals surface area contributed by atoms with E-state index in [4.69, 9.17) is 4.42 Å². The van der Waals surface area contributed by atoms with Gasteiger partial charge in [-0.3, -0.25) is 4.79 Å². The number of rotatable bonds is 5. The second-order valence-corrected chi connectivity index (χ2v) is 4.47. The molecule has 2 unspecified atom stereocenters. The van der Waals surface area contributed by atoms with Gasteiger partial charge in [-0.1, -0.05) is 12.0 Å². The van der Waals surface area contributed by atoms with Crippen molar-refractivity contribution in [2.75, 3.05) is 25.5 Å². The fourth-order valence-electron chi connectivity index (χ4n) is 1.97. The lowest BCUT2D eigenvalue weighted by Gasteiger charge is -2.10. The summed E-state index contributed by atoms with van der Waals surface area (Å²) in [5, 5.41) is 14.0. The molecule has 0 aromatic carbocycles. The van der Waals surface area contributed by atoms with Crippen LogP contribution in [0.15, 0.2) is 4.42 Å². The summed E-state index contributed by atoms with van der Waals surface area (Å²) in [5.74, 6) is 0.590. The van der Waals surface area contributed by atoms with Gasteiger partial charge >= 0.3 is 6.01 Å². The van der Waals surface area contributed by atoms with Crippen LogP contribution in [-0.2, 0) is 4.79 Å². The molecule has 18 heavy (non-hydrogen) atoms. The highest BCUT2D eigenvalue weighted by molar-refractivity contribution is 5.85. The molecule has 0 spiro atoms. The third-order valence-corrected chi connectivity index (χ3v) is 3.05. The minimum absolute atomic E-state index is 0.0139. The molecule has 0 radical (unpaired) electrons. The molecule has 1 aliphatic rings. The molecule has 2 N–H and O–H groups in total. The SMILES string of the molecule is CCNC(C)c1nnc(NC2CCN(C)C2=O)o1. The maximum Gasteiger partial charge on any atom is 0.316 e. The first-order chi connectivity index (χ1) is 8.61. The zero-order valence-corrected chi connectivity index (χ0v) is 10.9. The van der Waals surface area contributed by atoms with E-state index >= 15 is 0 Å². The number of nitrogens with zero attached hydrogens (tertiary/aromatic N) is 3. The summed E-state index contributed by atoms with van der Waals surface area (Å²) in [6.45, 7) is 5.55. The van der Waals surface area contributed by atoms with Crippen molar-refractivity contribution < 1.29 is 9.21 Å². The molecule has 2 rings (SSSR count). The summed E-state index contributed by atoms with van der Waals surface area (Å²) in [4.78, 5) is 13.4. The highest BCUT2D eigenvalue weighted by atomic mass is 16.4. The fraction of sp³-hybridized carbons (Fsp3) is 0.727. The van der Waals surface area contributed by atoms with Crippen LogP contribution in [0, 0.1) is 0 Å². The summed E-state index contributed by atoms with van der Waals surface area (Å²) in [5.41, 5.74) is 0. The predicted molar refractivity (Wildman–Crippen MR) is 66.1 cm³/mol. The lowest BCUT2D eigenvalue weighted by Crippen LogP contribution is -2.31. The molecule has 0 bridgehead atoms. The third-order valence-electron chi connectivity index (χ3n) is 3.05. The van der Waals surface area contributed by atoms with Crippen molar-refractivity contribution in [3.8, 4) is 0 Å². The Balaban J connectivity index is 1.96. The second kappa shape index (κ2) is 5.34. The van der Waals surface area contributed by atoms with E-state index in [-0.39, 0.29) is 18.0 Å². The van der Waals surface area contributed by atoms with Crippen LogP contribution in [0.1, 0.15) is 32.2 Å². The topological polar surface area (TPSA) is 83.3 Å². The van der Waals surface area contributed by atoms with Crippen LogP contribution in [-0.4, -0.2) is 47.2 Å². The number of hydrogen-bond donors (Lipinski definition) is 2. The Labute approximate surface area is 106 Å². The highest BCUT2D eigenvalue weighted by Gasteiger charge is 2.30. The normalized spacial score (nSPS) is 21.4. The maximum atomic E-state index is 11.7. The summed E-state index contributed by atoms with van der Waals surface area (Å²) in [7, 11) is 1.79. The first-order valence-corrected chi connectivity index (χ1v) is 6.20. The van der Waals surface area contributed by atoms with Crippen molar-refractivity contribution in [2.45, 2.75) is 32.4 Å². The Morgan fingerprint density at radius 1 is 1.56 bits per heavy atom. The fourth-order valence-corrected chi connectivity index (χ4v) is 1.97. The number of carbonyl (C=O) groups is 1. The van der Waals surface area contributed by atoms with Crippen LogP contribution >= 0.6 is 0 Å². The molecular weight excluding hydrogens is 234 g/mol. The van der Waals surface area contributed by atoms with Crippen LogP contribution in [0.2, 0.25) is 0 Å². The van der Waals surface area contributed by atoms with Gasteiger partial charge in [-0.25, -0.2) is 0 Å². The number of amides is 1. The van der Waals surface area contributed by atoms with E-state index in [1.807, 2.05) is 13.8 Å². The quantitative estimate of drug-likeness (QED) is 0.789. The van der Waals surface area contributed by atoms with Gasteiger partial charge in [0.2, 0.25) is 11.8 Å². The lowest BCUT2D eigenvalue weighted by molar-refractivity contribution is -0.127. The molecule has 1 aromatic heterocycles. The van der Waals surface area contributed by atoms with Gasteiger partial charge in [0.05, 0.1) is 6.04 Å². The number of likely N-dealkylation sites (tertiary alicyclic amines) is 1. The van der Waals surface area contributed by atoms with E-state index in [0.717, 1.165) is 19.5 Å². The van der Waals surface area contributed by atoms with Crippen LogP contribution in [0.5, 0.6) is 0 Å². The van der Waals surface area contributed by atoms with Gasteiger partial charge in [0, 0.05) is 13.6 Å². The molecule has 1 amide bonds. The van der Waals surface area contributed by atoms with Crippen molar-refractivity contribution in [3.63, 3.8) is 0 Å². The van der Waals surface area contributed by atoms with Crippen molar-refractivity contribution in [1.29, 1.82) is 0 Å². The Kier molecular flexibility index (Phi) is 3.81. The van der Waals surface area contributed by atoms with Gasteiger partial charge in [-0.15, -0.1) is 5.10 Å². The first-order valence-electron chi connectivity index (χ1n) is 6.20. The molecule has 0 aliphatic carbocycles. The average molecular weight is 253 g/mol. The van der Waals surface area contributed by atoms with E-state index in [0.29, 0.717) is 11.9 Å². The zero-order chi connectivity index (χ0) is 13.1. The van der Waals surface area contributed by atoms with E-state index in [1.54, 1.807) is 11.9 Å². The predicted octanol–water partition coefficient (Wildman–Crippen LogP) is 0.383. The molecule has 2 heterocycles. The van der Waals surface area contributed by atoms with Gasteiger partial charge in [0.15, 0.2) is 0 Å². The van der Waals surface area contributed by atoms with E-state index in [9.17, 15) is 4.79 Å². The van der Waals surface area contributed by atoms with Crippen molar-refractivity contribution >= 4 is 11.9 Å². The molecule has 1 aliphatic heterocycles.